The second-order valence-corrected chi connectivity index (χ2v) is 8.37. The van der Waals surface area contributed by atoms with E-state index in [1.165, 1.54) is 14.0 Å². The van der Waals surface area contributed by atoms with Gasteiger partial charge in [-0.05, 0) is 58.7 Å². The Morgan fingerprint density at radius 1 is 1.33 bits per heavy atom. The second kappa shape index (κ2) is 5.37. The third-order valence-corrected chi connectivity index (χ3v) is 5.98. The number of nitrogens with zero attached hydrogens (tertiary/aromatic N) is 2. The lowest BCUT2D eigenvalue weighted by Crippen LogP contribution is -2.08. The predicted octanol–water partition coefficient (Wildman–Crippen LogP) is 5.05. The van der Waals surface area contributed by atoms with Crippen LogP contribution in [-0.4, -0.2) is 9.97 Å². The Labute approximate surface area is 144 Å². The quantitative estimate of drug-likeness (QED) is 0.582. The van der Waals surface area contributed by atoms with Crippen molar-refractivity contribution >= 4 is 61.6 Å². The molecule has 0 spiro atoms. The van der Waals surface area contributed by atoms with Crippen LogP contribution in [0.3, 0.4) is 0 Å². The number of fused-ring (bicyclic) bond motifs is 2. The van der Waals surface area contributed by atoms with E-state index >= 15 is 0 Å². The minimum absolute atomic E-state index is 0.273. The maximum atomic E-state index is 6.28. The normalized spacial score (nSPS) is 17.1. The number of anilines is 1. The summed E-state index contributed by atoms with van der Waals surface area (Å²) in [5.41, 5.74) is 2.56. The van der Waals surface area contributed by atoms with Crippen LogP contribution in [0.1, 0.15) is 23.6 Å². The van der Waals surface area contributed by atoms with Crippen LogP contribution >= 0.6 is 45.5 Å². The molecule has 21 heavy (non-hydrogen) atoms. The van der Waals surface area contributed by atoms with Crippen LogP contribution < -0.4 is 5.32 Å². The van der Waals surface area contributed by atoms with Gasteiger partial charge in [-0.3, -0.25) is 0 Å². The topological polar surface area (TPSA) is 37.8 Å². The van der Waals surface area contributed by atoms with Crippen LogP contribution in [0.2, 0.25) is 5.02 Å². The molecule has 0 aliphatic heterocycles. The Bertz CT molecular complexity index is 833. The minimum Gasteiger partial charge on any atom is -0.363 e. The highest BCUT2D eigenvalue weighted by Crippen LogP contribution is 2.38. The molecule has 0 saturated carbocycles. The van der Waals surface area contributed by atoms with Crippen LogP contribution in [0, 0.1) is 2.88 Å². The Balaban J connectivity index is 1.73. The first kappa shape index (κ1) is 13.7. The van der Waals surface area contributed by atoms with E-state index in [9.17, 15) is 0 Å². The number of benzene rings is 1. The molecule has 106 valence electrons. The largest absolute Gasteiger partial charge is 0.363 e. The van der Waals surface area contributed by atoms with E-state index in [-0.39, 0.29) is 6.04 Å². The number of nitrogens with one attached hydrogen (secondary N) is 1. The summed E-state index contributed by atoms with van der Waals surface area (Å²) in [4.78, 5) is 9.79. The Kier molecular flexibility index (Phi) is 3.51. The van der Waals surface area contributed by atoms with E-state index < -0.39 is 0 Å². The first-order valence-electron chi connectivity index (χ1n) is 6.66. The van der Waals surface area contributed by atoms with Gasteiger partial charge in [0.15, 0.2) is 0 Å². The van der Waals surface area contributed by atoms with Crippen LogP contribution in [0.4, 0.5) is 5.82 Å². The Hall–Kier alpha value is -0.920. The minimum atomic E-state index is 0.273. The smallest absolute Gasteiger partial charge is 0.138 e. The standard InChI is InChI=1S/C15H11ClIN3S/c16-11-3-1-2-9-8(11)4-5-12(9)20-14-10-6-13(17)21-15(10)19-7-18-14/h1-3,6-7,12H,4-5H2,(H,18,19,20). The molecule has 3 nitrogen and oxygen atoms in total. The van der Waals surface area contributed by atoms with Gasteiger partial charge in [-0.2, -0.15) is 0 Å². The SMILES string of the molecule is Clc1cccc2c1CCC2Nc1ncnc2sc(I)cc12. The van der Waals surface area contributed by atoms with E-state index in [4.69, 9.17) is 11.6 Å². The molecule has 0 saturated heterocycles. The van der Waals surface area contributed by atoms with Crippen molar-refractivity contribution in [3.05, 3.63) is 49.6 Å². The summed E-state index contributed by atoms with van der Waals surface area (Å²) in [7, 11) is 0. The maximum Gasteiger partial charge on any atom is 0.138 e. The molecule has 1 aliphatic carbocycles. The van der Waals surface area contributed by atoms with Crippen molar-refractivity contribution in [1.29, 1.82) is 0 Å². The molecular weight excluding hydrogens is 417 g/mol. The van der Waals surface area contributed by atoms with Gasteiger partial charge in [0, 0.05) is 5.02 Å². The molecule has 4 rings (SSSR count). The lowest BCUT2D eigenvalue weighted by molar-refractivity contribution is 0.758. The van der Waals surface area contributed by atoms with Crippen molar-refractivity contribution in [3.63, 3.8) is 0 Å². The third kappa shape index (κ3) is 2.41. The van der Waals surface area contributed by atoms with Gasteiger partial charge in [-0.25, -0.2) is 9.97 Å². The molecule has 3 aromatic rings. The van der Waals surface area contributed by atoms with Gasteiger partial charge in [-0.15, -0.1) is 11.3 Å². The number of hydrogen-bond donors (Lipinski definition) is 1. The number of aromatic nitrogens is 2. The molecule has 6 heteroatoms. The van der Waals surface area contributed by atoms with Crippen LogP contribution in [0.15, 0.2) is 30.6 Å². The van der Waals surface area contributed by atoms with E-state index in [1.54, 1.807) is 17.7 Å². The fourth-order valence-electron chi connectivity index (χ4n) is 2.87. The molecule has 1 aromatic carbocycles. The molecule has 0 radical (unpaired) electrons. The molecule has 2 aromatic heterocycles. The van der Waals surface area contributed by atoms with Crippen molar-refractivity contribution in [2.24, 2.45) is 0 Å². The average Bonchev–Trinajstić information content (AvgIpc) is 3.04. The van der Waals surface area contributed by atoms with Crippen molar-refractivity contribution in [1.82, 2.24) is 9.97 Å². The van der Waals surface area contributed by atoms with Gasteiger partial charge in [0.1, 0.15) is 17.0 Å². The number of hydrogen-bond acceptors (Lipinski definition) is 4. The fourth-order valence-corrected chi connectivity index (χ4v) is 4.81. The third-order valence-electron chi connectivity index (χ3n) is 3.82. The lowest BCUT2D eigenvalue weighted by atomic mass is 10.1. The fraction of sp³-hybridized carbons (Fsp3) is 0.200. The van der Waals surface area contributed by atoms with Gasteiger partial charge in [0.05, 0.1) is 14.3 Å². The zero-order chi connectivity index (χ0) is 14.4. The zero-order valence-electron chi connectivity index (χ0n) is 10.9. The number of thiophene rings is 1. The summed E-state index contributed by atoms with van der Waals surface area (Å²) < 4.78 is 1.22. The molecule has 1 aliphatic rings. The van der Waals surface area contributed by atoms with Crippen LogP contribution in [-0.2, 0) is 6.42 Å². The Morgan fingerprint density at radius 3 is 3.14 bits per heavy atom. The molecule has 0 amide bonds. The average molecular weight is 428 g/mol. The van der Waals surface area contributed by atoms with Crippen molar-refractivity contribution < 1.29 is 0 Å². The molecule has 0 bridgehead atoms. The van der Waals surface area contributed by atoms with E-state index in [0.717, 1.165) is 33.9 Å². The molecule has 1 atom stereocenters. The highest BCUT2D eigenvalue weighted by Gasteiger charge is 2.25. The van der Waals surface area contributed by atoms with Crippen LogP contribution in [0.5, 0.6) is 0 Å². The molecule has 1 unspecified atom stereocenters. The van der Waals surface area contributed by atoms with E-state index in [1.807, 2.05) is 12.1 Å². The zero-order valence-corrected chi connectivity index (χ0v) is 14.7. The first-order chi connectivity index (χ1) is 10.2. The van der Waals surface area contributed by atoms with E-state index in [2.05, 4.69) is 50.0 Å². The number of rotatable bonds is 2. The Morgan fingerprint density at radius 2 is 2.24 bits per heavy atom. The highest BCUT2D eigenvalue weighted by atomic mass is 127. The maximum absolute atomic E-state index is 6.28. The molecule has 2 heterocycles. The monoisotopic (exact) mass is 427 g/mol. The van der Waals surface area contributed by atoms with E-state index in [0.29, 0.717) is 0 Å². The summed E-state index contributed by atoms with van der Waals surface area (Å²) in [5.74, 6) is 0.914. The highest BCUT2D eigenvalue weighted by molar-refractivity contribution is 14.1. The van der Waals surface area contributed by atoms with Crippen molar-refractivity contribution in [2.45, 2.75) is 18.9 Å². The van der Waals surface area contributed by atoms with Gasteiger partial charge < -0.3 is 5.32 Å². The molecule has 0 fully saturated rings. The molecule has 1 N–H and O–H groups in total. The van der Waals surface area contributed by atoms with Gasteiger partial charge in [0.25, 0.3) is 0 Å². The van der Waals surface area contributed by atoms with Crippen molar-refractivity contribution in [2.75, 3.05) is 5.32 Å². The lowest BCUT2D eigenvalue weighted by Gasteiger charge is -2.15. The summed E-state index contributed by atoms with van der Waals surface area (Å²) >= 11 is 10.3. The first-order valence-corrected chi connectivity index (χ1v) is 8.93. The second-order valence-electron chi connectivity index (χ2n) is 5.03. The summed E-state index contributed by atoms with van der Waals surface area (Å²) in [6.45, 7) is 0. The summed E-state index contributed by atoms with van der Waals surface area (Å²) in [6.07, 6.45) is 3.69. The van der Waals surface area contributed by atoms with Crippen molar-refractivity contribution in [3.8, 4) is 0 Å². The molecular formula is C15H11ClIN3S. The summed E-state index contributed by atoms with van der Waals surface area (Å²) in [6, 6.07) is 8.55. The van der Waals surface area contributed by atoms with Gasteiger partial charge in [0.2, 0.25) is 0 Å². The van der Waals surface area contributed by atoms with Crippen LogP contribution in [0.25, 0.3) is 10.2 Å². The summed E-state index contributed by atoms with van der Waals surface area (Å²) in [5, 5.41) is 5.54. The number of halogens is 2. The van der Waals surface area contributed by atoms with Gasteiger partial charge >= 0.3 is 0 Å². The predicted molar refractivity (Wildman–Crippen MR) is 96.3 cm³/mol. The van der Waals surface area contributed by atoms with Gasteiger partial charge in [-0.1, -0.05) is 23.7 Å².